The first-order chi connectivity index (χ1) is 14.4. The number of benzene rings is 2. The van der Waals surface area contributed by atoms with E-state index in [9.17, 15) is 4.79 Å². The van der Waals surface area contributed by atoms with E-state index in [-0.39, 0.29) is 17.8 Å². The predicted molar refractivity (Wildman–Crippen MR) is 122 cm³/mol. The van der Waals surface area contributed by atoms with Crippen molar-refractivity contribution in [3.63, 3.8) is 0 Å². The molecule has 1 N–H and O–H groups in total. The molecule has 158 valence electrons. The van der Waals surface area contributed by atoms with Gasteiger partial charge in [-0.25, -0.2) is 0 Å². The molecular weight excluding hydrogens is 443 g/mol. The second kappa shape index (κ2) is 10.2. The third-order valence-corrected chi connectivity index (χ3v) is 5.98. The number of aryl methyl sites for hydroxylation is 1. The van der Waals surface area contributed by atoms with Crippen LogP contribution in [0.1, 0.15) is 31.3 Å². The number of nitrogens with one attached hydrogen (secondary N) is 1. The van der Waals surface area contributed by atoms with Crippen molar-refractivity contribution in [3.05, 3.63) is 63.9 Å². The number of aromatic nitrogens is 3. The maximum absolute atomic E-state index is 12.4. The van der Waals surface area contributed by atoms with E-state index < -0.39 is 0 Å². The van der Waals surface area contributed by atoms with Crippen LogP contribution in [0.5, 0.6) is 5.75 Å². The summed E-state index contributed by atoms with van der Waals surface area (Å²) in [5.41, 5.74) is 1.46. The van der Waals surface area contributed by atoms with E-state index in [0.29, 0.717) is 33.3 Å². The molecule has 0 bridgehead atoms. The maximum Gasteiger partial charge on any atom is 0.234 e. The molecule has 0 aliphatic rings. The lowest BCUT2D eigenvalue weighted by atomic mass is 10.2. The fraction of sp³-hybridized carbons (Fsp3) is 0.286. The number of ether oxygens (including phenoxy) is 1. The van der Waals surface area contributed by atoms with Crippen LogP contribution in [0.15, 0.2) is 47.6 Å². The molecule has 9 heteroatoms. The summed E-state index contributed by atoms with van der Waals surface area (Å²) in [6.45, 7) is 6.59. The molecular formula is C21H22Cl2N4O2S. The topological polar surface area (TPSA) is 69.0 Å². The van der Waals surface area contributed by atoms with Crippen LogP contribution in [0.3, 0.4) is 0 Å². The molecule has 6 nitrogen and oxygen atoms in total. The number of carbonyl (C=O) groups excluding carboxylic acids is 1. The van der Waals surface area contributed by atoms with Gasteiger partial charge in [-0.05, 0) is 44.5 Å². The molecule has 0 aliphatic heterocycles. The van der Waals surface area contributed by atoms with Crippen LogP contribution in [0, 0.1) is 6.92 Å². The Labute approximate surface area is 189 Å². The Kier molecular flexibility index (Phi) is 7.64. The van der Waals surface area contributed by atoms with Crippen LogP contribution < -0.4 is 10.1 Å². The highest BCUT2D eigenvalue weighted by molar-refractivity contribution is 7.99. The number of hydrogen-bond acceptors (Lipinski definition) is 5. The summed E-state index contributed by atoms with van der Waals surface area (Å²) in [6.07, 6.45) is -0.288. The molecule has 0 aliphatic carbocycles. The van der Waals surface area contributed by atoms with Crippen molar-refractivity contribution >= 4 is 46.6 Å². The van der Waals surface area contributed by atoms with Gasteiger partial charge in [0.05, 0.1) is 21.5 Å². The average Bonchev–Trinajstić information content (AvgIpc) is 3.14. The number of amides is 1. The Morgan fingerprint density at radius 3 is 2.53 bits per heavy atom. The van der Waals surface area contributed by atoms with Crippen molar-refractivity contribution in [2.75, 3.05) is 11.1 Å². The largest absolute Gasteiger partial charge is 0.482 e. The number of rotatable bonds is 8. The third-order valence-electron chi connectivity index (χ3n) is 4.38. The molecule has 1 aromatic heterocycles. The van der Waals surface area contributed by atoms with Crippen molar-refractivity contribution in [2.45, 2.75) is 38.6 Å². The zero-order chi connectivity index (χ0) is 21.7. The van der Waals surface area contributed by atoms with Crippen LogP contribution in [-0.2, 0) is 11.3 Å². The summed E-state index contributed by atoms with van der Waals surface area (Å²) < 4.78 is 8.02. The molecule has 3 rings (SSSR count). The highest BCUT2D eigenvalue weighted by atomic mass is 35.5. The minimum Gasteiger partial charge on any atom is -0.482 e. The van der Waals surface area contributed by atoms with E-state index in [1.807, 2.05) is 49.6 Å². The molecule has 1 atom stereocenters. The molecule has 0 fully saturated rings. The molecule has 1 heterocycles. The second-order valence-electron chi connectivity index (χ2n) is 6.54. The van der Waals surface area contributed by atoms with Gasteiger partial charge in [0.25, 0.3) is 0 Å². The quantitative estimate of drug-likeness (QED) is 0.427. The SMILES string of the molecule is CCn1c(SCC(=O)Nc2c(Cl)cccc2Cl)nnc1C(C)Oc1ccccc1C. The van der Waals surface area contributed by atoms with Gasteiger partial charge in [0.15, 0.2) is 17.1 Å². The van der Waals surface area contributed by atoms with Crippen LogP contribution >= 0.6 is 35.0 Å². The van der Waals surface area contributed by atoms with Crippen molar-refractivity contribution in [2.24, 2.45) is 0 Å². The normalized spacial score (nSPS) is 11.9. The highest BCUT2D eigenvalue weighted by Gasteiger charge is 2.20. The summed E-state index contributed by atoms with van der Waals surface area (Å²) in [7, 11) is 0. The van der Waals surface area contributed by atoms with Gasteiger partial charge in [-0.1, -0.05) is 59.2 Å². The molecule has 30 heavy (non-hydrogen) atoms. The van der Waals surface area contributed by atoms with E-state index in [4.69, 9.17) is 27.9 Å². The molecule has 3 aromatic rings. The molecule has 1 amide bonds. The standard InChI is InChI=1S/C21H22Cl2N4O2S/c1-4-27-20(14(3)29-17-11-6-5-8-13(17)2)25-26-21(27)30-12-18(28)24-19-15(22)9-7-10-16(19)23/h5-11,14H,4,12H2,1-3H3,(H,24,28). The number of halogens is 2. The number of thioether (sulfide) groups is 1. The Bertz CT molecular complexity index is 1020. The predicted octanol–water partition coefficient (Wildman–Crippen LogP) is 5.78. The van der Waals surface area contributed by atoms with Crippen molar-refractivity contribution in [1.82, 2.24) is 14.8 Å². The zero-order valence-corrected chi connectivity index (χ0v) is 19.2. The third kappa shape index (κ3) is 5.28. The zero-order valence-electron chi connectivity index (χ0n) is 16.9. The van der Waals surface area contributed by atoms with E-state index >= 15 is 0 Å². The number of para-hydroxylation sites is 2. The van der Waals surface area contributed by atoms with Crippen LogP contribution in [0.2, 0.25) is 10.0 Å². The summed E-state index contributed by atoms with van der Waals surface area (Å²) >= 11 is 13.5. The Morgan fingerprint density at radius 2 is 1.87 bits per heavy atom. The number of carbonyl (C=O) groups is 1. The van der Waals surface area contributed by atoms with Gasteiger partial charge < -0.3 is 14.6 Å². The molecule has 0 saturated heterocycles. The average molecular weight is 465 g/mol. The lowest BCUT2D eigenvalue weighted by molar-refractivity contribution is -0.113. The van der Waals surface area contributed by atoms with Crippen molar-refractivity contribution in [3.8, 4) is 5.75 Å². The minimum atomic E-state index is -0.288. The Hall–Kier alpha value is -2.22. The second-order valence-corrected chi connectivity index (χ2v) is 8.30. The van der Waals surface area contributed by atoms with Gasteiger partial charge in [0, 0.05) is 6.54 Å². The highest BCUT2D eigenvalue weighted by Crippen LogP contribution is 2.30. The Morgan fingerprint density at radius 1 is 1.17 bits per heavy atom. The fourth-order valence-corrected chi connectivity index (χ4v) is 4.16. The van der Waals surface area contributed by atoms with Crippen LogP contribution in [-0.4, -0.2) is 26.4 Å². The van der Waals surface area contributed by atoms with E-state index in [0.717, 1.165) is 11.3 Å². The summed E-state index contributed by atoms with van der Waals surface area (Å²) in [5, 5.41) is 12.7. The lowest BCUT2D eigenvalue weighted by Crippen LogP contribution is -2.16. The molecule has 0 radical (unpaired) electrons. The van der Waals surface area contributed by atoms with Gasteiger partial charge in [0.2, 0.25) is 5.91 Å². The minimum absolute atomic E-state index is 0.146. The number of hydrogen-bond donors (Lipinski definition) is 1. The molecule has 2 aromatic carbocycles. The molecule has 0 saturated carbocycles. The van der Waals surface area contributed by atoms with Gasteiger partial charge in [0.1, 0.15) is 5.75 Å². The van der Waals surface area contributed by atoms with E-state index in [1.54, 1.807) is 18.2 Å². The van der Waals surface area contributed by atoms with Gasteiger partial charge in [-0.15, -0.1) is 10.2 Å². The lowest BCUT2D eigenvalue weighted by Gasteiger charge is -2.17. The molecule has 0 spiro atoms. The molecule has 1 unspecified atom stereocenters. The van der Waals surface area contributed by atoms with Gasteiger partial charge >= 0.3 is 0 Å². The van der Waals surface area contributed by atoms with E-state index in [1.165, 1.54) is 11.8 Å². The first-order valence-electron chi connectivity index (χ1n) is 9.42. The number of anilines is 1. The first-order valence-corrected chi connectivity index (χ1v) is 11.2. The monoisotopic (exact) mass is 464 g/mol. The summed E-state index contributed by atoms with van der Waals surface area (Å²) in [5.74, 6) is 1.43. The van der Waals surface area contributed by atoms with Crippen LogP contribution in [0.4, 0.5) is 5.69 Å². The summed E-state index contributed by atoms with van der Waals surface area (Å²) in [4.78, 5) is 12.4. The van der Waals surface area contributed by atoms with Crippen molar-refractivity contribution < 1.29 is 9.53 Å². The van der Waals surface area contributed by atoms with Crippen LogP contribution in [0.25, 0.3) is 0 Å². The number of nitrogens with zero attached hydrogens (tertiary/aromatic N) is 3. The van der Waals surface area contributed by atoms with Gasteiger partial charge in [-0.3, -0.25) is 4.79 Å². The maximum atomic E-state index is 12.4. The Balaban J connectivity index is 1.67. The first kappa shape index (κ1) is 22.5. The summed E-state index contributed by atoms with van der Waals surface area (Å²) in [6, 6.07) is 12.9. The fourth-order valence-electron chi connectivity index (χ4n) is 2.86. The smallest absolute Gasteiger partial charge is 0.234 e. The van der Waals surface area contributed by atoms with Gasteiger partial charge in [-0.2, -0.15) is 0 Å². The van der Waals surface area contributed by atoms with E-state index in [2.05, 4.69) is 15.5 Å². The van der Waals surface area contributed by atoms with Crippen molar-refractivity contribution in [1.29, 1.82) is 0 Å².